The van der Waals surface area contributed by atoms with Crippen molar-refractivity contribution in [3.63, 3.8) is 0 Å². The van der Waals surface area contributed by atoms with Crippen molar-refractivity contribution in [3.05, 3.63) is 58.6 Å². The summed E-state index contributed by atoms with van der Waals surface area (Å²) in [6.45, 7) is 0. The number of carbonyl (C=O) groups excluding carboxylic acids is 2. The number of anilines is 1. The van der Waals surface area contributed by atoms with Gasteiger partial charge in [-0.3, -0.25) is 19.7 Å². The summed E-state index contributed by atoms with van der Waals surface area (Å²) in [5.74, 6) is -1.80. The van der Waals surface area contributed by atoms with Crippen LogP contribution in [0.1, 0.15) is 0 Å². The van der Waals surface area contributed by atoms with Crippen molar-refractivity contribution in [2.24, 2.45) is 10.2 Å². The molecule has 2 atom stereocenters. The van der Waals surface area contributed by atoms with Gasteiger partial charge in [-0.1, -0.05) is 0 Å². The Morgan fingerprint density at radius 3 is 1.69 bits per heavy atom. The molecule has 0 unspecified atom stereocenters. The minimum atomic E-state index is -1.77. The van der Waals surface area contributed by atoms with E-state index in [1.54, 1.807) is 0 Å². The van der Waals surface area contributed by atoms with Crippen LogP contribution < -0.4 is 4.90 Å². The van der Waals surface area contributed by atoms with E-state index < -0.39 is 28.9 Å². The van der Waals surface area contributed by atoms with Crippen LogP contribution in [0.15, 0.2) is 58.8 Å². The largest absolute Gasteiger partial charge is 0.380 e. The minimum Gasteiger partial charge on any atom is -0.380 e. The van der Waals surface area contributed by atoms with Crippen LogP contribution in [-0.2, 0) is 9.59 Å². The van der Waals surface area contributed by atoms with Crippen LogP contribution in [0, 0.1) is 10.1 Å². The lowest BCUT2D eigenvalue weighted by Crippen LogP contribution is -2.31. The molecular formula is C16H12N4O6. The number of hydrogen-bond acceptors (Lipinski definition) is 8. The van der Waals surface area contributed by atoms with Gasteiger partial charge in [0.15, 0.2) is 12.2 Å². The summed E-state index contributed by atoms with van der Waals surface area (Å²) in [7, 11) is 0. The van der Waals surface area contributed by atoms with Gasteiger partial charge in [0.2, 0.25) is 0 Å². The molecule has 10 nitrogen and oxygen atoms in total. The fourth-order valence-electron chi connectivity index (χ4n) is 2.32. The number of imide groups is 1. The van der Waals surface area contributed by atoms with E-state index in [9.17, 15) is 29.9 Å². The van der Waals surface area contributed by atoms with Crippen LogP contribution in [0.4, 0.5) is 22.7 Å². The van der Waals surface area contributed by atoms with Crippen LogP contribution in [0.25, 0.3) is 0 Å². The highest BCUT2D eigenvalue weighted by molar-refractivity contribution is 6.24. The van der Waals surface area contributed by atoms with Gasteiger partial charge < -0.3 is 10.2 Å². The number of amides is 2. The lowest BCUT2D eigenvalue weighted by Gasteiger charge is -2.13. The van der Waals surface area contributed by atoms with Gasteiger partial charge >= 0.3 is 0 Å². The summed E-state index contributed by atoms with van der Waals surface area (Å²) in [6.07, 6.45) is -3.55. The van der Waals surface area contributed by atoms with Crippen molar-refractivity contribution in [2.75, 3.05) is 4.90 Å². The van der Waals surface area contributed by atoms with Gasteiger partial charge in [0, 0.05) is 12.1 Å². The fourth-order valence-corrected chi connectivity index (χ4v) is 2.32. The number of rotatable bonds is 4. The summed E-state index contributed by atoms with van der Waals surface area (Å²) >= 11 is 0. The lowest BCUT2D eigenvalue weighted by atomic mass is 10.2. The molecule has 1 aliphatic rings. The first-order chi connectivity index (χ1) is 12.4. The number of nitro benzene ring substituents is 1. The van der Waals surface area contributed by atoms with E-state index in [2.05, 4.69) is 10.2 Å². The molecule has 3 rings (SSSR count). The van der Waals surface area contributed by atoms with Crippen molar-refractivity contribution in [1.82, 2.24) is 0 Å². The van der Waals surface area contributed by atoms with Gasteiger partial charge in [0.1, 0.15) is 0 Å². The average molecular weight is 356 g/mol. The molecule has 0 saturated carbocycles. The monoisotopic (exact) mass is 356 g/mol. The maximum Gasteiger partial charge on any atom is 0.269 e. The molecule has 2 aromatic rings. The van der Waals surface area contributed by atoms with Gasteiger partial charge in [0.25, 0.3) is 17.5 Å². The standard InChI is InChI=1S/C16H12N4O6/c21-13-14(22)16(24)19(15(13)23)11-5-1-9(2-6-11)17-18-10-3-7-12(8-4-10)20(25)26/h1-8,13-14,21-22H/t13-,14-/m0/s1. The Balaban J connectivity index is 1.75. The van der Waals surface area contributed by atoms with Crippen LogP contribution in [0.2, 0.25) is 0 Å². The zero-order chi connectivity index (χ0) is 18.8. The Morgan fingerprint density at radius 2 is 1.27 bits per heavy atom. The number of non-ortho nitro benzene ring substituents is 1. The van der Waals surface area contributed by atoms with Crippen molar-refractivity contribution in [3.8, 4) is 0 Å². The maximum atomic E-state index is 11.8. The molecule has 0 bridgehead atoms. The third kappa shape index (κ3) is 3.18. The predicted octanol–water partition coefficient (Wildman–Crippen LogP) is 1.61. The van der Waals surface area contributed by atoms with Crippen LogP contribution in [0.5, 0.6) is 0 Å². The summed E-state index contributed by atoms with van der Waals surface area (Å²) in [4.78, 5) is 34.4. The molecule has 1 heterocycles. The first-order valence-electron chi connectivity index (χ1n) is 7.38. The van der Waals surface area contributed by atoms with Gasteiger partial charge in [-0.25, -0.2) is 4.90 Å². The third-order valence-electron chi connectivity index (χ3n) is 3.70. The highest BCUT2D eigenvalue weighted by atomic mass is 16.6. The maximum absolute atomic E-state index is 11.8. The van der Waals surface area contributed by atoms with Crippen molar-refractivity contribution in [2.45, 2.75) is 12.2 Å². The van der Waals surface area contributed by atoms with E-state index in [1.165, 1.54) is 48.5 Å². The third-order valence-corrected chi connectivity index (χ3v) is 3.70. The second-order valence-electron chi connectivity index (χ2n) is 5.39. The molecule has 0 aromatic heterocycles. The first kappa shape index (κ1) is 17.3. The number of azo groups is 1. The average Bonchev–Trinajstić information content (AvgIpc) is 2.84. The molecule has 0 aliphatic carbocycles. The fraction of sp³-hybridized carbons (Fsp3) is 0.125. The quantitative estimate of drug-likeness (QED) is 0.368. The Bertz CT molecular complexity index is 874. The number of nitro groups is 1. The smallest absolute Gasteiger partial charge is 0.269 e. The van der Waals surface area contributed by atoms with Crippen molar-refractivity contribution >= 4 is 34.6 Å². The lowest BCUT2D eigenvalue weighted by molar-refractivity contribution is -0.384. The number of aliphatic hydroxyl groups is 2. The zero-order valence-electron chi connectivity index (χ0n) is 13.1. The van der Waals surface area contributed by atoms with E-state index in [0.29, 0.717) is 16.3 Å². The molecule has 26 heavy (non-hydrogen) atoms. The van der Waals surface area contributed by atoms with E-state index >= 15 is 0 Å². The van der Waals surface area contributed by atoms with E-state index in [-0.39, 0.29) is 11.4 Å². The molecule has 1 saturated heterocycles. The van der Waals surface area contributed by atoms with Crippen LogP contribution >= 0.6 is 0 Å². The highest BCUT2D eigenvalue weighted by Crippen LogP contribution is 2.27. The van der Waals surface area contributed by atoms with E-state index in [1.807, 2.05) is 0 Å². The SMILES string of the molecule is O=C1[C@@H](O)[C@H](O)C(=O)N1c1ccc(N=Nc2ccc([N+](=O)[O-])cc2)cc1. The molecule has 132 valence electrons. The second kappa shape index (κ2) is 6.78. The number of carbonyl (C=O) groups is 2. The predicted molar refractivity (Wildman–Crippen MR) is 88.2 cm³/mol. The molecule has 1 aliphatic heterocycles. The normalized spacial score (nSPS) is 20.2. The summed E-state index contributed by atoms with van der Waals surface area (Å²) < 4.78 is 0. The van der Waals surface area contributed by atoms with Crippen molar-refractivity contribution in [1.29, 1.82) is 0 Å². The number of benzene rings is 2. The molecule has 1 fully saturated rings. The molecule has 2 aromatic carbocycles. The van der Waals surface area contributed by atoms with Gasteiger partial charge in [-0.2, -0.15) is 10.2 Å². The summed E-state index contributed by atoms with van der Waals surface area (Å²) in [5.41, 5.74) is 0.950. The van der Waals surface area contributed by atoms with E-state index in [4.69, 9.17) is 0 Å². The summed E-state index contributed by atoms with van der Waals surface area (Å²) in [5, 5.41) is 37.4. The number of hydrogen-bond donors (Lipinski definition) is 2. The van der Waals surface area contributed by atoms with E-state index in [0.717, 1.165) is 0 Å². The Morgan fingerprint density at radius 1 is 0.846 bits per heavy atom. The van der Waals surface area contributed by atoms with Crippen LogP contribution in [0.3, 0.4) is 0 Å². The Labute approximate surface area is 146 Å². The Hall–Kier alpha value is -3.50. The van der Waals surface area contributed by atoms with Gasteiger partial charge in [-0.15, -0.1) is 0 Å². The van der Waals surface area contributed by atoms with Crippen molar-refractivity contribution < 1.29 is 24.7 Å². The molecule has 0 spiro atoms. The topological polar surface area (TPSA) is 146 Å². The molecular weight excluding hydrogens is 344 g/mol. The van der Waals surface area contributed by atoms with Crippen LogP contribution in [-0.4, -0.2) is 39.2 Å². The zero-order valence-corrected chi connectivity index (χ0v) is 13.1. The molecule has 10 heteroatoms. The first-order valence-corrected chi connectivity index (χ1v) is 7.38. The molecule has 2 amide bonds. The van der Waals surface area contributed by atoms with Gasteiger partial charge in [-0.05, 0) is 36.4 Å². The minimum absolute atomic E-state index is 0.0578. The summed E-state index contributed by atoms with van der Waals surface area (Å²) in [6, 6.07) is 11.3. The number of aliphatic hydroxyl groups excluding tert-OH is 2. The van der Waals surface area contributed by atoms with Gasteiger partial charge in [0.05, 0.1) is 22.0 Å². The number of nitrogens with zero attached hydrogens (tertiary/aromatic N) is 4. The second-order valence-corrected chi connectivity index (χ2v) is 5.39. The molecule has 2 N–H and O–H groups in total. The Kier molecular flexibility index (Phi) is 4.52. The molecule has 0 radical (unpaired) electrons. The highest BCUT2D eigenvalue weighted by Gasteiger charge is 2.46.